The van der Waals surface area contributed by atoms with E-state index < -0.39 is 12.1 Å². The summed E-state index contributed by atoms with van der Waals surface area (Å²) in [5.74, 6) is -0.612. The standard InChI is InChI=1S/C13H23F3N2/c14-13(15,16)11-4-1-5-12(7-11)18-6-2-3-10(8-17)9-18/h10-12H,1-9,17H2. The van der Waals surface area contributed by atoms with Crippen LogP contribution >= 0.6 is 0 Å². The molecule has 1 aliphatic carbocycles. The first-order chi connectivity index (χ1) is 8.50. The van der Waals surface area contributed by atoms with E-state index in [2.05, 4.69) is 4.90 Å². The zero-order valence-corrected chi connectivity index (χ0v) is 10.8. The molecule has 2 N–H and O–H groups in total. The first-order valence-corrected chi connectivity index (χ1v) is 7.01. The Labute approximate surface area is 107 Å². The molecule has 1 heterocycles. The average molecular weight is 264 g/mol. The Balaban J connectivity index is 1.92. The first-order valence-electron chi connectivity index (χ1n) is 7.01. The van der Waals surface area contributed by atoms with E-state index in [0.717, 1.165) is 32.4 Å². The molecule has 1 saturated carbocycles. The molecule has 0 amide bonds. The number of alkyl halides is 3. The quantitative estimate of drug-likeness (QED) is 0.831. The molecule has 1 aliphatic heterocycles. The van der Waals surface area contributed by atoms with E-state index in [1.807, 2.05) is 0 Å². The third-order valence-corrected chi connectivity index (χ3v) is 4.51. The summed E-state index contributed by atoms with van der Waals surface area (Å²) in [4.78, 5) is 2.26. The first kappa shape index (κ1) is 14.1. The number of hydrogen-bond acceptors (Lipinski definition) is 2. The molecule has 3 unspecified atom stereocenters. The lowest BCUT2D eigenvalue weighted by atomic mass is 9.83. The minimum absolute atomic E-state index is 0.125. The van der Waals surface area contributed by atoms with Gasteiger partial charge in [0.15, 0.2) is 0 Å². The zero-order valence-electron chi connectivity index (χ0n) is 10.8. The molecule has 5 heteroatoms. The van der Waals surface area contributed by atoms with Gasteiger partial charge in [-0.25, -0.2) is 0 Å². The van der Waals surface area contributed by atoms with E-state index in [0.29, 0.717) is 31.7 Å². The molecule has 0 aromatic rings. The van der Waals surface area contributed by atoms with E-state index in [1.54, 1.807) is 0 Å². The fourth-order valence-electron chi connectivity index (χ4n) is 3.41. The zero-order chi connectivity index (χ0) is 13.2. The van der Waals surface area contributed by atoms with Crippen LogP contribution in [-0.4, -0.2) is 36.8 Å². The minimum Gasteiger partial charge on any atom is -0.330 e. The van der Waals surface area contributed by atoms with Crippen LogP contribution in [0.15, 0.2) is 0 Å². The van der Waals surface area contributed by atoms with Crippen molar-refractivity contribution in [3.63, 3.8) is 0 Å². The molecule has 106 valence electrons. The van der Waals surface area contributed by atoms with Crippen LogP contribution in [0.4, 0.5) is 13.2 Å². The molecule has 3 atom stereocenters. The Kier molecular flexibility index (Phi) is 4.54. The Morgan fingerprint density at radius 3 is 2.56 bits per heavy atom. The molecule has 0 aromatic carbocycles. The molecule has 1 saturated heterocycles. The van der Waals surface area contributed by atoms with Gasteiger partial charge in [-0.05, 0) is 51.1 Å². The third-order valence-electron chi connectivity index (χ3n) is 4.51. The van der Waals surface area contributed by atoms with Crippen molar-refractivity contribution in [3.05, 3.63) is 0 Å². The van der Waals surface area contributed by atoms with Gasteiger partial charge in [-0.3, -0.25) is 0 Å². The van der Waals surface area contributed by atoms with Gasteiger partial charge < -0.3 is 10.6 Å². The van der Waals surface area contributed by atoms with Crippen LogP contribution < -0.4 is 5.73 Å². The smallest absolute Gasteiger partial charge is 0.330 e. The monoisotopic (exact) mass is 264 g/mol. The SMILES string of the molecule is NCC1CCCN(C2CCCC(C(F)(F)F)C2)C1. The number of likely N-dealkylation sites (tertiary alicyclic amines) is 1. The fraction of sp³-hybridized carbons (Fsp3) is 1.00. The highest BCUT2D eigenvalue weighted by Crippen LogP contribution is 2.39. The van der Waals surface area contributed by atoms with Crippen molar-refractivity contribution in [3.8, 4) is 0 Å². The van der Waals surface area contributed by atoms with Gasteiger partial charge in [-0.1, -0.05) is 6.42 Å². The number of nitrogens with zero attached hydrogens (tertiary/aromatic N) is 1. The average Bonchev–Trinajstić information content (AvgIpc) is 2.38. The van der Waals surface area contributed by atoms with E-state index in [1.165, 1.54) is 0 Å². The summed E-state index contributed by atoms with van der Waals surface area (Å²) in [5, 5.41) is 0. The Hall–Kier alpha value is -0.290. The van der Waals surface area contributed by atoms with Crippen molar-refractivity contribution >= 4 is 0 Å². The van der Waals surface area contributed by atoms with Crippen molar-refractivity contribution in [1.29, 1.82) is 0 Å². The maximum atomic E-state index is 12.8. The van der Waals surface area contributed by atoms with Crippen LogP contribution in [0.2, 0.25) is 0 Å². The van der Waals surface area contributed by atoms with Gasteiger partial charge in [0.2, 0.25) is 0 Å². The number of rotatable bonds is 2. The fourth-order valence-corrected chi connectivity index (χ4v) is 3.41. The van der Waals surface area contributed by atoms with Crippen LogP contribution in [0.25, 0.3) is 0 Å². The molecule has 0 bridgehead atoms. The molecule has 18 heavy (non-hydrogen) atoms. The second-order valence-electron chi connectivity index (χ2n) is 5.80. The number of piperidine rings is 1. The summed E-state index contributed by atoms with van der Waals surface area (Å²) in [6.07, 6.45) is 0.427. The molecular weight excluding hydrogens is 241 g/mol. The van der Waals surface area contributed by atoms with Crippen LogP contribution in [0.1, 0.15) is 38.5 Å². The maximum absolute atomic E-state index is 12.8. The molecule has 2 fully saturated rings. The van der Waals surface area contributed by atoms with Crippen LogP contribution in [0.5, 0.6) is 0 Å². The van der Waals surface area contributed by atoms with Gasteiger partial charge in [0.05, 0.1) is 5.92 Å². The Morgan fingerprint density at radius 1 is 1.11 bits per heavy atom. The van der Waals surface area contributed by atoms with Crippen LogP contribution in [-0.2, 0) is 0 Å². The topological polar surface area (TPSA) is 29.3 Å². The van der Waals surface area contributed by atoms with Gasteiger partial charge in [0, 0.05) is 12.6 Å². The second kappa shape index (κ2) is 5.78. The lowest BCUT2D eigenvalue weighted by Crippen LogP contribution is -2.47. The molecule has 0 spiro atoms. The number of halogens is 3. The highest BCUT2D eigenvalue weighted by Gasteiger charge is 2.43. The predicted molar refractivity (Wildman–Crippen MR) is 65.2 cm³/mol. The molecule has 2 rings (SSSR count). The van der Waals surface area contributed by atoms with E-state index in [-0.39, 0.29) is 6.04 Å². The summed E-state index contributed by atoms with van der Waals surface area (Å²) < 4.78 is 38.4. The van der Waals surface area contributed by atoms with Crippen LogP contribution in [0, 0.1) is 11.8 Å². The number of hydrogen-bond donors (Lipinski definition) is 1. The maximum Gasteiger partial charge on any atom is 0.391 e. The molecule has 0 radical (unpaired) electrons. The van der Waals surface area contributed by atoms with Gasteiger partial charge in [-0.15, -0.1) is 0 Å². The second-order valence-corrected chi connectivity index (χ2v) is 5.80. The molecule has 2 aliphatic rings. The molecule has 2 nitrogen and oxygen atoms in total. The van der Waals surface area contributed by atoms with Gasteiger partial charge >= 0.3 is 6.18 Å². The highest BCUT2D eigenvalue weighted by molar-refractivity contribution is 4.86. The van der Waals surface area contributed by atoms with Crippen LogP contribution in [0.3, 0.4) is 0 Å². The van der Waals surface area contributed by atoms with E-state index in [9.17, 15) is 13.2 Å². The molecular formula is C13H23F3N2. The van der Waals surface area contributed by atoms with Crippen molar-refractivity contribution in [2.75, 3.05) is 19.6 Å². The van der Waals surface area contributed by atoms with E-state index >= 15 is 0 Å². The largest absolute Gasteiger partial charge is 0.391 e. The van der Waals surface area contributed by atoms with Crippen molar-refractivity contribution in [2.45, 2.75) is 50.7 Å². The summed E-state index contributed by atoms with van der Waals surface area (Å²) in [5.41, 5.74) is 5.68. The molecule has 0 aromatic heterocycles. The van der Waals surface area contributed by atoms with Gasteiger partial charge in [-0.2, -0.15) is 13.2 Å². The summed E-state index contributed by atoms with van der Waals surface area (Å²) in [7, 11) is 0. The Bertz CT molecular complexity index is 267. The lowest BCUT2D eigenvalue weighted by molar-refractivity contribution is -0.187. The van der Waals surface area contributed by atoms with E-state index in [4.69, 9.17) is 5.73 Å². The summed E-state index contributed by atoms with van der Waals surface area (Å²) in [6.45, 7) is 2.50. The number of nitrogens with two attached hydrogens (primary N) is 1. The minimum atomic E-state index is -4.01. The highest BCUT2D eigenvalue weighted by atomic mass is 19.4. The van der Waals surface area contributed by atoms with Crippen molar-refractivity contribution in [2.24, 2.45) is 17.6 Å². The lowest BCUT2D eigenvalue weighted by Gasteiger charge is -2.42. The summed E-state index contributed by atoms with van der Waals surface area (Å²) >= 11 is 0. The van der Waals surface area contributed by atoms with Crippen molar-refractivity contribution in [1.82, 2.24) is 4.90 Å². The summed E-state index contributed by atoms with van der Waals surface area (Å²) in [6, 6.07) is 0.125. The Morgan fingerprint density at radius 2 is 1.89 bits per heavy atom. The predicted octanol–water partition coefficient (Wildman–Crippen LogP) is 2.78. The van der Waals surface area contributed by atoms with Gasteiger partial charge in [0.1, 0.15) is 0 Å². The third kappa shape index (κ3) is 3.38. The van der Waals surface area contributed by atoms with Gasteiger partial charge in [0.25, 0.3) is 0 Å². The normalized spacial score (nSPS) is 35.7. The van der Waals surface area contributed by atoms with Crippen molar-refractivity contribution < 1.29 is 13.2 Å².